The largest absolute Gasteiger partial charge is 0.344 e. The summed E-state index contributed by atoms with van der Waals surface area (Å²) < 4.78 is 0. The van der Waals surface area contributed by atoms with Crippen LogP contribution in [0.1, 0.15) is 50.1 Å². The summed E-state index contributed by atoms with van der Waals surface area (Å²) in [6, 6.07) is 2.31. The first-order chi connectivity index (χ1) is 10.6. The van der Waals surface area contributed by atoms with Crippen molar-refractivity contribution in [3.05, 3.63) is 56.1 Å². The smallest absolute Gasteiger partial charge is 0.0473 e. The van der Waals surface area contributed by atoms with E-state index in [0.29, 0.717) is 0 Å². The van der Waals surface area contributed by atoms with Gasteiger partial charge in [-0.05, 0) is 112 Å². The number of hydrogen-bond donors (Lipinski definition) is 0. The lowest BCUT2D eigenvalue weighted by Gasteiger charge is -2.31. The molecule has 124 valence electrons. The molecule has 0 unspecified atom stereocenters. The maximum absolute atomic E-state index is 2.40. The van der Waals surface area contributed by atoms with Crippen LogP contribution in [0.15, 0.2) is 6.07 Å². The number of aryl methyl sites for hydroxylation is 2. The summed E-state index contributed by atoms with van der Waals surface area (Å²) in [5.41, 5.74) is 15.3. The van der Waals surface area contributed by atoms with E-state index in [9.17, 15) is 0 Å². The Hall–Kier alpha value is -1.76. The molecule has 1 heteroatoms. The lowest BCUT2D eigenvalue weighted by atomic mass is 9.91. The summed E-state index contributed by atoms with van der Waals surface area (Å²) in [5, 5.41) is 0. The number of hydrogen-bond acceptors (Lipinski definition) is 1. The summed E-state index contributed by atoms with van der Waals surface area (Å²) >= 11 is 0. The van der Waals surface area contributed by atoms with Gasteiger partial charge in [0, 0.05) is 18.4 Å². The first-order valence-corrected chi connectivity index (χ1v) is 8.47. The number of nitrogens with zero attached hydrogens (tertiary/aromatic N) is 1. The van der Waals surface area contributed by atoms with Crippen molar-refractivity contribution < 1.29 is 0 Å². The van der Waals surface area contributed by atoms with Gasteiger partial charge in [0.15, 0.2) is 0 Å². The fourth-order valence-corrected chi connectivity index (χ4v) is 3.88. The van der Waals surface area contributed by atoms with Crippen LogP contribution in [0.2, 0.25) is 0 Å². The molecule has 0 N–H and O–H groups in total. The van der Waals surface area contributed by atoms with Crippen molar-refractivity contribution in [2.75, 3.05) is 11.9 Å². The van der Waals surface area contributed by atoms with Crippen LogP contribution < -0.4 is 4.90 Å². The minimum absolute atomic E-state index is 1.35. The van der Waals surface area contributed by atoms with E-state index in [1.165, 1.54) is 61.4 Å². The van der Waals surface area contributed by atoms with E-state index < -0.39 is 0 Å². The monoisotopic (exact) mass is 309 g/mol. The molecule has 2 rings (SSSR count). The van der Waals surface area contributed by atoms with Gasteiger partial charge in [0.1, 0.15) is 0 Å². The fraction of sp³-hybridized carbons (Fsp3) is 0.455. The highest BCUT2D eigenvalue weighted by Gasteiger charge is 2.19. The summed E-state index contributed by atoms with van der Waals surface area (Å²) in [6.07, 6.45) is 0. The number of benzene rings is 2. The second-order valence-corrected chi connectivity index (χ2v) is 7.14. The van der Waals surface area contributed by atoms with E-state index in [2.05, 4.69) is 80.3 Å². The van der Waals surface area contributed by atoms with Crippen molar-refractivity contribution in [1.29, 1.82) is 0 Å². The van der Waals surface area contributed by atoms with Crippen LogP contribution in [0.4, 0.5) is 11.4 Å². The third kappa shape index (κ3) is 2.67. The molecule has 0 radical (unpaired) electrons. The summed E-state index contributed by atoms with van der Waals surface area (Å²) in [4.78, 5) is 2.40. The van der Waals surface area contributed by atoms with Gasteiger partial charge in [-0.1, -0.05) is 6.07 Å². The van der Waals surface area contributed by atoms with Gasteiger partial charge in [0.05, 0.1) is 0 Å². The Bertz CT molecular complexity index is 753. The Morgan fingerprint density at radius 3 is 1.35 bits per heavy atom. The van der Waals surface area contributed by atoms with Crippen molar-refractivity contribution >= 4 is 11.4 Å². The fourth-order valence-electron chi connectivity index (χ4n) is 3.88. The molecule has 0 heterocycles. The maximum atomic E-state index is 2.40. The maximum Gasteiger partial charge on any atom is 0.0473 e. The van der Waals surface area contributed by atoms with Crippen molar-refractivity contribution in [2.24, 2.45) is 0 Å². The third-order valence-electron chi connectivity index (χ3n) is 5.95. The Labute approximate surface area is 142 Å². The molecule has 0 bridgehead atoms. The SMILES string of the molecule is Cc1cc(C)c(N(C)c2c(C)c(C)c(C)c(C)c2C)c(C)c1C. The molecule has 0 aliphatic heterocycles. The third-order valence-corrected chi connectivity index (χ3v) is 5.95. The predicted molar refractivity (Wildman–Crippen MR) is 104 cm³/mol. The lowest BCUT2D eigenvalue weighted by Crippen LogP contribution is -2.17. The van der Waals surface area contributed by atoms with Crippen LogP contribution >= 0.6 is 0 Å². The zero-order valence-electron chi connectivity index (χ0n) is 16.5. The summed E-state index contributed by atoms with van der Waals surface area (Å²) in [6.45, 7) is 20.1. The predicted octanol–water partition coefficient (Wildman–Crippen LogP) is 6.23. The molecule has 23 heavy (non-hydrogen) atoms. The van der Waals surface area contributed by atoms with E-state index >= 15 is 0 Å². The zero-order chi connectivity index (χ0) is 17.6. The standard InChI is InChI=1S/C22H31N/c1-12-11-13(2)21(18(7)14(12)3)23(10)22-19(8)16(5)15(4)17(6)20(22)9/h11H,1-10H3. The van der Waals surface area contributed by atoms with Gasteiger partial charge in [-0.15, -0.1) is 0 Å². The molecular weight excluding hydrogens is 278 g/mol. The molecule has 1 nitrogen and oxygen atoms in total. The first kappa shape index (κ1) is 17.6. The van der Waals surface area contributed by atoms with E-state index in [0.717, 1.165) is 0 Å². The topological polar surface area (TPSA) is 3.24 Å². The minimum Gasteiger partial charge on any atom is -0.344 e. The molecule has 0 spiro atoms. The quantitative estimate of drug-likeness (QED) is 0.635. The number of rotatable bonds is 2. The minimum atomic E-state index is 1.35. The highest BCUT2D eigenvalue weighted by Crippen LogP contribution is 2.39. The summed E-state index contributed by atoms with van der Waals surface area (Å²) in [7, 11) is 2.22. The van der Waals surface area contributed by atoms with Crippen LogP contribution in [0, 0.1) is 62.3 Å². The van der Waals surface area contributed by atoms with E-state index in [1.807, 2.05) is 0 Å². The zero-order valence-corrected chi connectivity index (χ0v) is 16.5. The molecule has 0 fully saturated rings. The van der Waals surface area contributed by atoms with Crippen LogP contribution in [-0.4, -0.2) is 7.05 Å². The Morgan fingerprint density at radius 2 is 0.870 bits per heavy atom. The summed E-state index contributed by atoms with van der Waals surface area (Å²) in [5.74, 6) is 0. The molecule has 2 aromatic carbocycles. The van der Waals surface area contributed by atoms with E-state index in [4.69, 9.17) is 0 Å². The van der Waals surface area contributed by atoms with Crippen molar-refractivity contribution in [2.45, 2.75) is 62.3 Å². The Balaban J connectivity index is 2.78. The van der Waals surface area contributed by atoms with Crippen LogP contribution in [0.3, 0.4) is 0 Å². The molecule has 0 aliphatic rings. The molecule has 0 aliphatic carbocycles. The Kier molecular flexibility index (Phi) is 4.61. The van der Waals surface area contributed by atoms with Crippen LogP contribution in [-0.2, 0) is 0 Å². The van der Waals surface area contributed by atoms with Gasteiger partial charge in [-0.2, -0.15) is 0 Å². The van der Waals surface area contributed by atoms with Crippen LogP contribution in [0.25, 0.3) is 0 Å². The molecule has 0 saturated heterocycles. The van der Waals surface area contributed by atoms with E-state index in [1.54, 1.807) is 0 Å². The van der Waals surface area contributed by atoms with Gasteiger partial charge in [-0.25, -0.2) is 0 Å². The van der Waals surface area contributed by atoms with Gasteiger partial charge in [0.2, 0.25) is 0 Å². The van der Waals surface area contributed by atoms with Gasteiger partial charge >= 0.3 is 0 Å². The van der Waals surface area contributed by atoms with Crippen molar-refractivity contribution in [1.82, 2.24) is 0 Å². The lowest BCUT2D eigenvalue weighted by molar-refractivity contribution is 1.08. The molecule has 0 aromatic heterocycles. The van der Waals surface area contributed by atoms with Gasteiger partial charge in [-0.3, -0.25) is 0 Å². The molecule has 0 atom stereocenters. The molecular formula is C22H31N. The normalized spacial score (nSPS) is 11.0. The highest BCUT2D eigenvalue weighted by atomic mass is 15.1. The second kappa shape index (κ2) is 6.03. The van der Waals surface area contributed by atoms with Crippen LogP contribution in [0.5, 0.6) is 0 Å². The molecule has 0 amide bonds. The Morgan fingerprint density at radius 1 is 0.478 bits per heavy atom. The molecule has 2 aromatic rings. The highest BCUT2D eigenvalue weighted by molar-refractivity contribution is 5.77. The van der Waals surface area contributed by atoms with Crippen molar-refractivity contribution in [3.63, 3.8) is 0 Å². The average molecular weight is 309 g/mol. The van der Waals surface area contributed by atoms with Gasteiger partial charge < -0.3 is 4.90 Å². The first-order valence-electron chi connectivity index (χ1n) is 8.47. The average Bonchev–Trinajstić information content (AvgIpc) is 2.49. The number of anilines is 2. The van der Waals surface area contributed by atoms with Gasteiger partial charge in [0.25, 0.3) is 0 Å². The van der Waals surface area contributed by atoms with E-state index in [-0.39, 0.29) is 0 Å². The van der Waals surface area contributed by atoms with Crippen molar-refractivity contribution in [3.8, 4) is 0 Å². The second-order valence-electron chi connectivity index (χ2n) is 7.14. The molecule has 0 saturated carbocycles.